The molecule has 0 aromatic carbocycles. The van der Waals surface area contributed by atoms with E-state index in [0.717, 1.165) is 11.6 Å². The quantitative estimate of drug-likeness (QED) is 0.850. The van der Waals surface area contributed by atoms with Crippen molar-refractivity contribution in [1.29, 1.82) is 0 Å². The van der Waals surface area contributed by atoms with Crippen LogP contribution < -0.4 is 5.73 Å². The first-order valence-electron chi connectivity index (χ1n) is 7.08. The van der Waals surface area contributed by atoms with Crippen LogP contribution in [0.5, 0.6) is 0 Å². The van der Waals surface area contributed by atoms with Gasteiger partial charge in [0.2, 0.25) is 0 Å². The van der Waals surface area contributed by atoms with Gasteiger partial charge in [-0.1, -0.05) is 30.9 Å². The van der Waals surface area contributed by atoms with Crippen LogP contribution in [0.1, 0.15) is 63.6 Å². The Hall–Kier alpha value is -0.540. The predicted octanol–water partition coefficient (Wildman–Crippen LogP) is 3.74. The van der Waals surface area contributed by atoms with Crippen LogP contribution >= 0.6 is 11.6 Å². The Morgan fingerprint density at radius 3 is 2.78 bits per heavy atom. The number of nitrogens with zero attached hydrogens (tertiary/aromatic N) is 2. The summed E-state index contributed by atoms with van der Waals surface area (Å²) in [4.78, 5) is 0. The Balaban J connectivity index is 2.35. The van der Waals surface area contributed by atoms with Crippen molar-refractivity contribution in [1.82, 2.24) is 9.78 Å². The molecule has 3 nitrogen and oxygen atoms in total. The topological polar surface area (TPSA) is 43.8 Å². The van der Waals surface area contributed by atoms with Crippen molar-refractivity contribution in [2.45, 2.75) is 57.9 Å². The van der Waals surface area contributed by atoms with Gasteiger partial charge in [0, 0.05) is 12.0 Å². The van der Waals surface area contributed by atoms with Gasteiger partial charge in [-0.2, -0.15) is 5.10 Å². The largest absolute Gasteiger partial charge is 0.330 e. The van der Waals surface area contributed by atoms with Gasteiger partial charge in [0.05, 0.1) is 16.9 Å². The Labute approximate surface area is 115 Å². The van der Waals surface area contributed by atoms with E-state index in [9.17, 15) is 0 Å². The van der Waals surface area contributed by atoms with E-state index in [1.807, 2.05) is 0 Å². The van der Waals surface area contributed by atoms with Crippen molar-refractivity contribution in [2.24, 2.45) is 11.7 Å². The summed E-state index contributed by atoms with van der Waals surface area (Å²) in [7, 11) is 0. The van der Waals surface area contributed by atoms with Crippen molar-refractivity contribution in [3.05, 3.63) is 16.9 Å². The lowest BCUT2D eigenvalue weighted by Crippen LogP contribution is -2.24. The first-order valence-corrected chi connectivity index (χ1v) is 7.46. The van der Waals surface area contributed by atoms with Gasteiger partial charge in [-0.25, -0.2) is 0 Å². The third kappa shape index (κ3) is 2.72. The normalized spacial score (nSPS) is 25.4. The summed E-state index contributed by atoms with van der Waals surface area (Å²) in [6, 6.07) is 0.356. The Morgan fingerprint density at radius 1 is 1.39 bits per heavy atom. The zero-order valence-corrected chi connectivity index (χ0v) is 12.2. The molecule has 0 bridgehead atoms. The van der Waals surface area contributed by atoms with E-state index in [0.29, 0.717) is 17.9 Å². The lowest BCUT2D eigenvalue weighted by molar-refractivity contribution is 0.373. The number of aromatic nitrogens is 2. The first kappa shape index (κ1) is 13.9. The van der Waals surface area contributed by atoms with E-state index in [2.05, 4.69) is 23.6 Å². The molecule has 1 aliphatic rings. The molecule has 0 radical (unpaired) electrons. The third-order valence-corrected chi connectivity index (χ3v) is 4.38. The van der Waals surface area contributed by atoms with Crippen LogP contribution in [0.15, 0.2) is 6.20 Å². The van der Waals surface area contributed by atoms with Crippen molar-refractivity contribution in [3.63, 3.8) is 0 Å². The summed E-state index contributed by atoms with van der Waals surface area (Å²) in [5, 5.41) is 5.25. The maximum atomic E-state index is 6.37. The highest BCUT2D eigenvalue weighted by Gasteiger charge is 2.29. The number of halogens is 1. The van der Waals surface area contributed by atoms with Crippen molar-refractivity contribution in [3.8, 4) is 0 Å². The molecule has 102 valence electrons. The molecule has 0 spiro atoms. The summed E-state index contributed by atoms with van der Waals surface area (Å²) in [5.41, 5.74) is 7.18. The van der Waals surface area contributed by atoms with Gasteiger partial charge in [0.25, 0.3) is 0 Å². The molecule has 0 aliphatic heterocycles. The van der Waals surface area contributed by atoms with Crippen LogP contribution in [0, 0.1) is 5.92 Å². The summed E-state index contributed by atoms with van der Waals surface area (Å²) < 4.78 is 2.08. The fraction of sp³-hybridized carbons (Fsp3) is 0.786. The minimum absolute atomic E-state index is 0.356. The summed E-state index contributed by atoms with van der Waals surface area (Å²) in [6.45, 7) is 5.06. The highest BCUT2D eigenvalue weighted by molar-refractivity contribution is 6.31. The van der Waals surface area contributed by atoms with E-state index in [-0.39, 0.29) is 0 Å². The minimum atomic E-state index is 0.356. The fourth-order valence-corrected chi connectivity index (χ4v) is 3.41. The van der Waals surface area contributed by atoms with Gasteiger partial charge in [-0.3, -0.25) is 4.68 Å². The van der Waals surface area contributed by atoms with Crippen LogP contribution in [0.4, 0.5) is 0 Å². The summed E-state index contributed by atoms with van der Waals surface area (Å²) >= 11 is 6.37. The van der Waals surface area contributed by atoms with Crippen molar-refractivity contribution < 1.29 is 0 Å². The van der Waals surface area contributed by atoms with Gasteiger partial charge >= 0.3 is 0 Å². The molecule has 18 heavy (non-hydrogen) atoms. The second kappa shape index (κ2) is 6.07. The molecule has 2 unspecified atom stereocenters. The van der Waals surface area contributed by atoms with Gasteiger partial charge in [0.1, 0.15) is 0 Å². The van der Waals surface area contributed by atoms with E-state index in [1.54, 1.807) is 6.20 Å². The lowest BCUT2D eigenvalue weighted by atomic mass is 9.85. The zero-order chi connectivity index (χ0) is 13.1. The second-order valence-electron chi connectivity index (χ2n) is 5.66. The maximum Gasteiger partial charge on any atom is 0.0820 e. The zero-order valence-electron chi connectivity index (χ0n) is 11.4. The molecule has 2 N–H and O–H groups in total. The fourth-order valence-electron chi connectivity index (χ4n) is 3.14. The SMILES string of the molecule is CC(C)n1ncc(Cl)c1C1CCCCCC1CN. The molecular weight excluding hydrogens is 246 g/mol. The number of hydrogen-bond acceptors (Lipinski definition) is 2. The smallest absolute Gasteiger partial charge is 0.0820 e. The first-order chi connectivity index (χ1) is 8.65. The standard InChI is InChI=1S/C14H24ClN3/c1-10(2)18-14(13(15)9-17-18)12-7-5-3-4-6-11(12)8-16/h9-12H,3-8,16H2,1-2H3. The van der Waals surface area contributed by atoms with Gasteiger partial charge in [-0.15, -0.1) is 0 Å². The van der Waals surface area contributed by atoms with Crippen molar-refractivity contribution >= 4 is 11.6 Å². The molecule has 0 amide bonds. The van der Waals surface area contributed by atoms with E-state index in [4.69, 9.17) is 17.3 Å². The Kier molecular flexibility index (Phi) is 4.68. The Morgan fingerprint density at radius 2 is 2.11 bits per heavy atom. The third-order valence-electron chi connectivity index (χ3n) is 4.09. The molecule has 2 atom stereocenters. The average molecular weight is 270 g/mol. The molecule has 1 aromatic heterocycles. The minimum Gasteiger partial charge on any atom is -0.330 e. The summed E-state index contributed by atoms with van der Waals surface area (Å²) in [5.74, 6) is 1.04. The molecule has 1 fully saturated rings. The second-order valence-corrected chi connectivity index (χ2v) is 6.06. The highest BCUT2D eigenvalue weighted by Crippen LogP contribution is 2.39. The Bertz CT molecular complexity index is 386. The van der Waals surface area contributed by atoms with E-state index < -0.39 is 0 Å². The van der Waals surface area contributed by atoms with E-state index >= 15 is 0 Å². The van der Waals surface area contributed by atoms with Crippen molar-refractivity contribution in [2.75, 3.05) is 6.54 Å². The summed E-state index contributed by atoms with van der Waals surface area (Å²) in [6.07, 6.45) is 8.10. The van der Waals surface area contributed by atoms with Crippen LogP contribution in [-0.4, -0.2) is 16.3 Å². The number of nitrogens with two attached hydrogens (primary N) is 1. The maximum absolute atomic E-state index is 6.37. The molecule has 2 rings (SSSR count). The monoisotopic (exact) mass is 269 g/mol. The molecule has 1 heterocycles. The lowest BCUT2D eigenvalue weighted by Gasteiger charge is -2.26. The van der Waals surface area contributed by atoms with Gasteiger partial charge in [0.15, 0.2) is 0 Å². The molecular formula is C14H24ClN3. The predicted molar refractivity (Wildman–Crippen MR) is 76.0 cm³/mol. The van der Waals surface area contributed by atoms with Crippen LogP contribution in [0.25, 0.3) is 0 Å². The number of rotatable bonds is 3. The molecule has 0 saturated heterocycles. The molecule has 1 saturated carbocycles. The highest BCUT2D eigenvalue weighted by atomic mass is 35.5. The van der Waals surface area contributed by atoms with Crippen LogP contribution in [-0.2, 0) is 0 Å². The molecule has 4 heteroatoms. The van der Waals surface area contributed by atoms with Crippen LogP contribution in [0.2, 0.25) is 5.02 Å². The van der Waals surface area contributed by atoms with Gasteiger partial charge < -0.3 is 5.73 Å². The van der Waals surface area contributed by atoms with Crippen LogP contribution in [0.3, 0.4) is 0 Å². The van der Waals surface area contributed by atoms with E-state index in [1.165, 1.54) is 37.8 Å². The number of hydrogen-bond donors (Lipinski definition) is 1. The molecule has 1 aliphatic carbocycles. The van der Waals surface area contributed by atoms with Gasteiger partial charge in [-0.05, 0) is 39.2 Å². The average Bonchev–Trinajstić information content (AvgIpc) is 2.60. The molecule has 1 aromatic rings.